The third-order valence-corrected chi connectivity index (χ3v) is 4.06. The summed E-state index contributed by atoms with van der Waals surface area (Å²) >= 11 is 17.7. The number of halogens is 3. The van der Waals surface area contributed by atoms with Crippen molar-refractivity contribution in [3.05, 3.63) is 45.5 Å². The molecule has 7 nitrogen and oxygen atoms in total. The number of nitrogens with one attached hydrogen (secondary N) is 2. The lowest BCUT2D eigenvalue weighted by Gasteiger charge is -2.17. The number of hydrogen-bond acceptors (Lipinski definition) is 5. The van der Waals surface area contributed by atoms with E-state index in [2.05, 4.69) is 15.6 Å². The highest BCUT2D eigenvalue weighted by Gasteiger charge is 2.14. The van der Waals surface area contributed by atoms with Crippen molar-refractivity contribution in [3.8, 4) is 5.75 Å². The van der Waals surface area contributed by atoms with Crippen LogP contribution < -0.4 is 15.4 Å². The Morgan fingerprint density at radius 1 is 1.07 bits per heavy atom. The largest absolute Gasteiger partial charge is 0.495 e. The van der Waals surface area contributed by atoms with Gasteiger partial charge in [0.2, 0.25) is 11.8 Å². The van der Waals surface area contributed by atoms with Gasteiger partial charge in [0.1, 0.15) is 5.75 Å². The Balaban J connectivity index is 1.89. The fraction of sp³-hybridized carbons (Fsp3) is 0.235. The molecule has 2 aromatic rings. The van der Waals surface area contributed by atoms with E-state index < -0.39 is 0 Å². The predicted octanol–water partition coefficient (Wildman–Crippen LogP) is 3.56. The van der Waals surface area contributed by atoms with E-state index in [0.29, 0.717) is 21.5 Å². The molecule has 0 aliphatic rings. The molecule has 2 rings (SSSR count). The van der Waals surface area contributed by atoms with Gasteiger partial charge < -0.3 is 15.4 Å². The first kappa shape index (κ1) is 21.2. The minimum absolute atomic E-state index is 0.0230. The van der Waals surface area contributed by atoms with Crippen molar-refractivity contribution in [3.63, 3.8) is 0 Å². The van der Waals surface area contributed by atoms with Gasteiger partial charge in [-0.2, -0.15) is 0 Å². The molecule has 0 saturated heterocycles. The van der Waals surface area contributed by atoms with Crippen LogP contribution in [0.15, 0.2) is 30.5 Å². The molecular weight excluding hydrogens is 415 g/mol. The molecule has 0 aliphatic heterocycles. The number of methoxy groups -OCH3 is 1. The smallest absolute Gasteiger partial charge is 0.239 e. The van der Waals surface area contributed by atoms with Crippen molar-refractivity contribution in [2.24, 2.45) is 0 Å². The molecule has 1 aromatic heterocycles. The fourth-order valence-corrected chi connectivity index (χ4v) is 2.79. The fourth-order valence-electron chi connectivity index (χ4n) is 2.19. The molecule has 10 heteroatoms. The van der Waals surface area contributed by atoms with E-state index in [1.54, 1.807) is 25.2 Å². The molecule has 0 spiro atoms. The number of amides is 2. The van der Waals surface area contributed by atoms with E-state index in [1.807, 2.05) is 0 Å². The standard InChI is InChI=1S/C17H17Cl3N4O3/c1-24(9-16(26)23-17-12(20)5-11(19)7-21-17)8-15(25)22-13-6-10(18)3-4-14(13)27-2/h3-7H,8-9H2,1-2H3,(H,22,25)(H,21,23,26). The summed E-state index contributed by atoms with van der Waals surface area (Å²) in [6, 6.07) is 6.36. The van der Waals surface area contributed by atoms with Crippen molar-refractivity contribution in [2.75, 3.05) is 37.9 Å². The highest BCUT2D eigenvalue weighted by molar-refractivity contribution is 6.36. The van der Waals surface area contributed by atoms with Crippen molar-refractivity contribution < 1.29 is 14.3 Å². The number of benzene rings is 1. The van der Waals surface area contributed by atoms with Crippen LogP contribution >= 0.6 is 34.8 Å². The maximum absolute atomic E-state index is 12.2. The van der Waals surface area contributed by atoms with Gasteiger partial charge in [-0.3, -0.25) is 14.5 Å². The van der Waals surface area contributed by atoms with E-state index in [-0.39, 0.29) is 35.7 Å². The summed E-state index contributed by atoms with van der Waals surface area (Å²) < 4.78 is 5.18. The first-order valence-electron chi connectivity index (χ1n) is 7.71. The van der Waals surface area contributed by atoms with Crippen molar-refractivity contribution in [1.82, 2.24) is 9.88 Å². The van der Waals surface area contributed by atoms with Gasteiger partial charge >= 0.3 is 0 Å². The zero-order valence-electron chi connectivity index (χ0n) is 14.6. The Morgan fingerprint density at radius 2 is 1.74 bits per heavy atom. The number of hydrogen-bond donors (Lipinski definition) is 2. The van der Waals surface area contributed by atoms with Gasteiger partial charge in [-0.15, -0.1) is 0 Å². The van der Waals surface area contributed by atoms with Crippen LogP contribution in [0, 0.1) is 0 Å². The predicted molar refractivity (Wildman–Crippen MR) is 107 cm³/mol. The van der Waals surface area contributed by atoms with Crippen LogP contribution in [0.5, 0.6) is 5.75 Å². The van der Waals surface area contributed by atoms with Gasteiger partial charge in [-0.05, 0) is 31.3 Å². The average Bonchev–Trinajstić information content (AvgIpc) is 2.57. The van der Waals surface area contributed by atoms with E-state index >= 15 is 0 Å². The van der Waals surface area contributed by atoms with Gasteiger partial charge in [-0.25, -0.2) is 4.98 Å². The molecule has 2 amide bonds. The number of ether oxygens (including phenoxy) is 1. The monoisotopic (exact) mass is 430 g/mol. The van der Waals surface area contributed by atoms with Gasteiger partial charge in [0.25, 0.3) is 0 Å². The summed E-state index contributed by atoms with van der Waals surface area (Å²) in [5, 5.41) is 6.32. The molecule has 0 unspecified atom stereocenters. The molecule has 27 heavy (non-hydrogen) atoms. The van der Waals surface area contributed by atoms with Crippen LogP contribution in [0.4, 0.5) is 11.5 Å². The number of carbonyl (C=O) groups is 2. The second-order valence-corrected chi connectivity index (χ2v) is 6.88. The van der Waals surface area contributed by atoms with Crippen LogP contribution in [-0.4, -0.2) is 48.9 Å². The van der Waals surface area contributed by atoms with Crippen molar-refractivity contribution in [2.45, 2.75) is 0 Å². The second kappa shape index (κ2) is 9.75. The first-order valence-corrected chi connectivity index (χ1v) is 8.84. The molecule has 0 saturated carbocycles. The maximum atomic E-state index is 12.2. The van der Waals surface area contributed by atoms with Crippen LogP contribution in [0.3, 0.4) is 0 Å². The molecule has 1 aromatic carbocycles. The highest BCUT2D eigenvalue weighted by atomic mass is 35.5. The van der Waals surface area contributed by atoms with E-state index in [1.165, 1.54) is 24.3 Å². The van der Waals surface area contributed by atoms with E-state index in [0.717, 1.165) is 0 Å². The summed E-state index contributed by atoms with van der Waals surface area (Å²) in [5.41, 5.74) is 0.449. The second-order valence-electron chi connectivity index (χ2n) is 5.60. The third-order valence-electron chi connectivity index (χ3n) is 3.33. The topological polar surface area (TPSA) is 83.6 Å². The van der Waals surface area contributed by atoms with Gasteiger partial charge in [0, 0.05) is 11.2 Å². The maximum Gasteiger partial charge on any atom is 0.239 e. The zero-order valence-corrected chi connectivity index (χ0v) is 16.8. The number of rotatable bonds is 7. The summed E-state index contributed by atoms with van der Waals surface area (Å²) in [4.78, 5) is 29.8. The normalized spacial score (nSPS) is 10.6. The van der Waals surface area contributed by atoms with Gasteiger partial charge in [-0.1, -0.05) is 34.8 Å². The van der Waals surface area contributed by atoms with Crippen LogP contribution in [0.2, 0.25) is 15.1 Å². The highest BCUT2D eigenvalue weighted by Crippen LogP contribution is 2.27. The number of anilines is 2. The van der Waals surface area contributed by atoms with Crippen LogP contribution in [0.25, 0.3) is 0 Å². The zero-order chi connectivity index (χ0) is 20.0. The lowest BCUT2D eigenvalue weighted by atomic mass is 10.3. The van der Waals surface area contributed by atoms with Crippen molar-refractivity contribution >= 4 is 58.1 Å². The molecule has 0 atom stereocenters. The summed E-state index contributed by atoms with van der Waals surface area (Å²) in [6.07, 6.45) is 1.37. The molecule has 1 heterocycles. The van der Waals surface area contributed by atoms with E-state index in [9.17, 15) is 9.59 Å². The third kappa shape index (κ3) is 6.55. The van der Waals surface area contributed by atoms with E-state index in [4.69, 9.17) is 39.5 Å². The Hall–Kier alpha value is -2.06. The Labute approximate surface area is 171 Å². The minimum Gasteiger partial charge on any atom is -0.495 e. The van der Waals surface area contributed by atoms with Gasteiger partial charge in [0.15, 0.2) is 5.82 Å². The first-order chi connectivity index (χ1) is 12.8. The summed E-state index contributed by atoms with van der Waals surface area (Å²) in [6.45, 7) is -0.0639. The number of pyridine rings is 1. The molecule has 0 fully saturated rings. The lowest BCUT2D eigenvalue weighted by molar-refractivity contribution is -0.119. The molecule has 0 radical (unpaired) electrons. The van der Waals surface area contributed by atoms with Crippen molar-refractivity contribution in [1.29, 1.82) is 0 Å². The lowest BCUT2D eigenvalue weighted by Crippen LogP contribution is -2.36. The molecule has 0 aliphatic carbocycles. The Kier molecular flexibility index (Phi) is 7.67. The number of likely N-dealkylation sites (N-methyl/N-ethyl adjacent to an activating group) is 1. The average molecular weight is 432 g/mol. The Bertz CT molecular complexity index is 848. The quantitative estimate of drug-likeness (QED) is 0.700. The molecule has 2 N–H and O–H groups in total. The number of carbonyl (C=O) groups excluding carboxylic acids is 2. The molecule has 0 bridgehead atoms. The number of nitrogens with zero attached hydrogens (tertiary/aromatic N) is 2. The SMILES string of the molecule is COc1ccc(Cl)cc1NC(=O)CN(C)CC(=O)Nc1ncc(Cl)cc1Cl. The summed E-state index contributed by atoms with van der Waals surface area (Å²) in [5.74, 6) is -0.0138. The summed E-state index contributed by atoms with van der Waals surface area (Å²) in [7, 11) is 3.12. The number of aromatic nitrogens is 1. The Morgan fingerprint density at radius 3 is 2.37 bits per heavy atom. The van der Waals surface area contributed by atoms with Gasteiger partial charge in [0.05, 0.1) is 35.9 Å². The molecular formula is C17H17Cl3N4O3. The van der Waals surface area contributed by atoms with Crippen LogP contribution in [-0.2, 0) is 9.59 Å². The van der Waals surface area contributed by atoms with Crippen LogP contribution in [0.1, 0.15) is 0 Å². The molecule has 144 valence electrons. The minimum atomic E-state index is -0.373.